The Balaban J connectivity index is 2.34. The number of aryl methyl sites for hydroxylation is 1. The quantitative estimate of drug-likeness (QED) is 0.748. The molecule has 0 aliphatic rings. The molecule has 0 aromatic carbocycles. The Labute approximate surface area is 93.0 Å². The number of esters is 1. The van der Waals surface area contributed by atoms with Crippen molar-refractivity contribution in [3.05, 3.63) is 5.82 Å². The highest BCUT2D eigenvalue weighted by Crippen LogP contribution is 2.11. The molecule has 1 aromatic rings. The first-order chi connectivity index (χ1) is 7.26. The number of anilines is 1. The van der Waals surface area contributed by atoms with Gasteiger partial charge < -0.3 is 10.1 Å². The Morgan fingerprint density at radius 3 is 3.00 bits per heavy atom. The van der Waals surface area contributed by atoms with Crippen LogP contribution >= 0.6 is 11.5 Å². The summed E-state index contributed by atoms with van der Waals surface area (Å²) in [6.45, 7) is 4.40. The van der Waals surface area contributed by atoms with Crippen LogP contribution in [0.1, 0.15) is 26.1 Å². The fourth-order valence-electron chi connectivity index (χ4n) is 1.01. The van der Waals surface area contributed by atoms with Gasteiger partial charge in [0.25, 0.3) is 0 Å². The molecule has 0 fully saturated rings. The zero-order valence-electron chi connectivity index (χ0n) is 8.95. The lowest BCUT2D eigenvalue weighted by atomic mass is 10.3. The average molecular weight is 229 g/mol. The van der Waals surface area contributed by atoms with Crippen LogP contribution in [0.4, 0.5) is 5.13 Å². The zero-order chi connectivity index (χ0) is 11.1. The highest BCUT2D eigenvalue weighted by molar-refractivity contribution is 7.09. The van der Waals surface area contributed by atoms with E-state index in [2.05, 4.69) is 21.6 Å². The van der Waals surface area contributed by atoms with Crippen LogP contribution in [0.2, 0.25) is 0 Å². The molecule has 1 rings (SSSR count). The standard InChI is InChI=1S/C9H15N3O2S/c1-3-5-7-11-9(15-12-7)10-6-8(13)14-4-2/h3-6H2,1-2H3,(H,10,11,12). The third-order valence-corrected chi connectivity index (χ3v) is 2.34. The van der Waals surface area contributed by atoms with Gasteiger partial charge in [-0.05, 0) is 13.3 Å². The monoisotopic (exact) mass is 229 g/mol. The SMILES string of the molecule is CCCc1nsc(NCC(=O)OCC)n1. The molecule has 0 aliphatic carbocycles. The number of ether oxygens (including phenoxy) is 1. The highest BCUT2D eigenvalue weighted by Gasteiger charge is 2.05. The summed E-state index contributed by atoms with van der Waals surface area (Å²) >= 11 is 1.27. The average Bonchev–Trinajstić information content (AvgIpc) is 2.64. The summed E-state index contributed by atoms with van der Waals surface area (Å²) in [5, 5.41) is 3.55. The molecule has 0 aliphatic heterocycles. The number of nitrogens with zero attached hydrogens (tertiary/aromatic N) is 2. The number of nitrogens with one attached hydrogen (secondary N) is 1. The third-order valence-electron chi connectivity index (χ3n) is 1.63. The fourth-order valence-corrected chi connectivity index (χ4v) is 1.62. The van der Waals surface area contributed by atoms with Gasteiger partial charge >= 0.3 is 5.97 Å². The number of carbonyl (C=O) groups excluding carboxylic acids is 1. The normalized spacial score (nSPS) is 10.0. The van der Waals surface area contributed by atoms with Crippen molar-refractivity contribution >= 4 is 22.6 Å². The van der Waals surface area contributed by atoms with E-state index in [9.17, 15) is 4.79 Å². The van der Waals surface area contributed by atoms with E-state index in [1.807, 2.05) is 0 Å². The topological polar surface area (TPSA) is 64.1 Å². The minimum atomic E-state index is -0.273. The summed E-state index contributed by atoms with van der Waals surface area (Å²) in [7, 11) is 0. The molecule has 1 N–H and O–H groups in total. The van der Waals surface area contributed by atoms with Gasteiger partial charge in [-0.15, -0.1) is 0 Å². The Bertz CT molecular complexity index is 314. The van der Waals surface area contributed by atoms with Crippen LogP contribution in [-0.4, -0.2) is 28.5 Å². The molecule has 0 unspecified atom stereocenters. The second kappa shape index (κ2) is 6.34. The summed E-state index contributed by atoms with van der Waals surface area (Å²) in [4.78, 5) is 15.2. The van der Waals surface area contributed by atoms with Gasteiger partial charge in [-0.1, -0.05) is 6.92 Å². The van der Waals surface area contributed by atoms with E-state index in [1.54, 1.807) is 6.92 Å². The number of aromatic nitrogens is 2. The van der Waals surface area contributed by atoms with Gasteiger partial charge in [0.1, 0.15) is 12.4 Å². The van der Waals surface area contributed by atoms with Crippen LogP contribution in [0.25, 0.3) is 0 Å². The van der Waals surface area contributed by atoms with Crippen LogP contribution in [0.3, 0.4) is 0 Å². The van der Waals surface area contributed by atoms with Crippen molar-refractivity contribution in [2.75, 3.05) is 18.5 Å². The molecule has 0 spiro atoms. The maximum absolute atomic E-state index is 11.0. The van der Waals surface area contributed by atoms with Gasteiger partial charge in [-0.25, -0.2) is 4.98 Å². The summed E-state index contributed by atoms with van der Waals surface area (Å²) in [6.07, 6.45) is 1.89. The predicted octanol–water partition coefficient (Wildman–Crippen LogP) is 1.47. The van der Waals surface area contributed by atoms with Crippen molar-refractivity contribution in [2.45, 2.75) is 26.7 Å². The van der Waals surface area contributed by atoms with Crippen molar-refractivity contribution in [1.29, 1.82) is 0 Å². The summed E-state index contributed by atoms with van der Waals surface area (Å²) < 4.78 is 8.92. The first-order valence-electron chi connectivity index (χ1n) is 4.98. The molecule has 1 heterocycles. The number of rotatable bonds is 6. The minimum Gasteiger partial charge on any atom is -0.465 e. The Morgan fingerprint density at radius 1 is 1.53 bits per heavy atom. The smallest absolute Gasteiger partial charge is 0.325 e. The largest absolute Gasteiger partial charge is 0.465 e. The van der Waals surface area contributed by atoms with Crippen molar-refractivity contribution in [2.24, 2.45) is 0 Å². The molecular formula is C9H15N3O2S. The number of hydrogen-bond acceptors (Lipinski definition) is 6. The van der Waals surface area contributed by atoms with Crippen molar-refractivity contribution in [3.8, 4) is 0 Å². The molecule has 0 saturated carbocycles. The first-order valence-corrected chi connectivity index (χ1v) is 5.75. The minimum absolute atomic E-state index is 0.147. The van der Waals surface area contributed by atoms with Crippen molar-refractivity contribution in [1.82, 2.24) is 9.36 Å². The number of carbonyl (C=O) groups is 1. The first kappa shape index (κ1) is 11.9. The molecule has 0 radical (unpaired) electrons. The van der Waals surface area contributed by atoms with Crippen molar-refractivity contribution in [3.63, 3.8) is 0 Å². The molecule has 6 heteroatoms. The van der Waals surface area contributed by atoms with Gasteiger partial charge in [0, 0.05) is 18.0 Å². The Kier molecular flexibility index (Phi) is 5.03. The second-order valence-corrected chi connectivity index (χ2v) is 3.68. The molecule has 0 atom stereocenters. The molecule has 84 valence electrons. The lowest BCUT2D eigenvalue weighted by molar-refractivity contribution is -0.140. The predicted molar refractivity (Wildman–Crippen MR) is 59.0 cm³/mol. The van der Waals surface area contributed by atoms with Crippen LogP contribution in [0.5, 0.6) is 0 Å². The highest BCUT2D eigenvalue weighted by atomic mass is 32.1. The van der Waals surface area contributed by atoms with E-state index < -0.39 is 0 Å². The fraction of sp³-hybridized carbons (Fsp3) is 0.667. The van der Waals surface area contributed by atoms with Crippen LogP contribution in [0, 0.1) is 0 Å². The van der Waals surface area contributed by atoms with Gasteiger partial charge in [0.05, 0.1) is 6.61 Å². The van der Waals surface area contributed by atoms with E-state index in [4.69, 9.17) is 4.74 Å². The maximum Gasteiger partial charge on any atom is 0.325 e. The lowest BCUT2D eigenvalue weighted by Crippen LogP contribution is -2.16. The maximum atomic E-state index is 11.0. The van der Waals surface area contributed by atoms with E-state index >= 15 is 0 Å². The lowest BCUT2D eigenvalue weighted by Gasteiger charge is -2.01. The Hall–Kier alpha value is -1.17. The van der Waals surface area contributed by atoms with Crippen LogP contribution in [0.15, 0.2) is 0 Å². The van der Waals surface area contributed by atoms with Gasteiger partial charge in [-0.2, -0.15) is 4.37 Å². The van der Waals surface area contributed by atoms with E-state index in [0.29, 0.717) is 11.7 Å². The summed E-state index contributed by atoms with van der Waals surface area (Å²) in [6, 6.07) is 0. The number of hydrogen-bond donors (Lipinski definition) is 1. The molecule has 1 aromatic heterocycles. The molecule has 0 saturated heterocycles. The van der Waals surface area contributed by atoms with E-state index in [1.165, 1.54) is 11.5 Å². The molecule has 0 amide bonds. The third kappa shape index (κ3) is 4.24. The summed E-state index contributed by atoms with van der Waals surface area (Å²) in [5.41, 5.74) is 0. The van der Waals surface area contributed by atoms with Gasteiger partial charge in [0.15, 0.2) is 0 Å². The van der Waals surface area contributed by atoms with Gasteiger partial charge in [-0.3, -0.25) is 4.79 Å². The van der Waals surface area contributed by atoms with Crippen molar-refractivity contribution < 1.29 is 9.53 Å². The molecule has 5 nitrogen and oxygen atoms in total. The molecule has 15 heavy (non-hydrogen) atoms. The van der Waals surface area contributed by atoms with Crippen LogP contribution < -0.4 is 5.32 Å². The van der Waals surface area contributed by atoms with E-state index in [-0.39, 0.29) is 12.5 Å². The molecule has 0 bridgehead atoms. The van der Waals surface area contributed by atoms with Gasteiger partial charge in [0.2, 0.25) is 5.13 Å². The van der Waals surface area contributed by atoms with Crippen LogP contribution in [-0.2, 0) is 16.0 Å². The zero-order valence-corrected chi connectivity index (χ0v) is 9.76. The van der Waals surface area contributed by atoms with E-state index in [0.717, 1.165) is 18.7 Å². The molecular weight excluding hydrogens is 214 g/mol. The summed E-state index contributed by atoms with van der Waals surface area (Å²) in [5.74, 6) is 0.554. The second-order valence-electron chi connectivity index (χ2n) is 2.92. The Morgan fingerprint density at radius 2 is 2.33 bits per heavy atom.